The average Bonchev–Trinajstić information content (AvgIpc) is 2.46. The van der Waals surface area contributed by atoms with Crippen LogP contribution < -0.4 is 0 Å². The van der Waals surface area contributed by atoms with E-state index in [2.05, 4.69) is 62.4 Å². The van der Waals surface area contributed by atoms with Crippen LogP contribution in [0, 0.1) is 3.57 Å². The first-order valence-corrected chi connectivity index (χ1v) is 8.42. The van der Waals surface area contributed by atoms with Crippen LogP contribution in [0.2, 0.25) is 0 Å². The molecule has 0 bridgehead atoms. The number of carbonyl (C=O) groups is 1. The van der Waals surface area contributed by atoms with Gasteiger partial charge in [-0.05, 0) is 69.8 Å². The second-order valence-corrected chi connectivity index (χ2v) is 7.24. The lowest BCUT2D eigenvalue weighted by Crippen LogP contribution is -2.08. The lowest BCUT2D eigenvalue weighted by Gasteiger charge is -2.16. The number of benzene rings is 2. The summed E-state index contributed by atoms with van der Waals surface area (Å²) in [6.07, 6.45) is 0. The lowest BCUT2D eigenvalue weighted by molar-refractivity contribution is 0.103. The largest absolute Gasteiger partial charge is 0.289 e. The van der Waals surface area contributed by atoms with Crippen molar-refractivity contribution in [2.24, 2.45) is 0 Å². The summed E-state index contributed by atoms with van der Waals surface area (Å²) in [7, 11) is 0. The highest BCUT2D eigenvalue weighted by atomic mass is 127. The fourth-order valence-corrected chi connectivity index (χ4v) is 2.74. The third-order valence-electron chi connectivity index (χ3n) is 3.72. The van der Waals surface area contributed by atoms with E-state index in [4.69, 9.17) is 0 Å². The van der Waals surface area contributed by atoms with Gasteiger partial charge in [0.05, 0.1) is 0 Å². The maximum Gasteiger partial charge on any atom is 0.193 e. The van der Waals surface area contributed by atoms with E-state index in [0.29, 0.717) is 11.8 Å². The van der Waals surface area contributed by atoms with Crippen LogP contribution in [0.15, 0.2) is 42.5 Å². The predicted octanol–water partition coefficient (Wildman–Crippen LogP) is 5.77. The van der Waals surface area contributed by atoms with Gasteiger partial charge in [0.25, 0.3) is 0 Å². The number of hydrogen-bond donors (Lipinski definition) is 0. The van der Waals surface area contributed by atoms with Gasteiger partial charge in [0, 0.05) is 14.7 Å². The van der Waals surface area contributed by atoms with Crippen molar-refractivity contribution in [3.63, 3.8) is 0 Å². The third kappa shape index (κ3) is 3.73. The minimum absolute atomic E-state index is 0.116. The number of carbonyl (C=O) groups excluding carboxylic acids is 1. The van der Waals surface area contributed by atoms with Gasteiger partial charge >= 0.3 is 0 Å². The van der Waals surface area contributed by atoms with Gasteiger partial charge in [-0.2, -0.15) is 0 Å². The molecule has 0 unspecified atom stereocenters. The second kappa shape index (κ2) is 6.73. The molecule has 0 aliphatic heterocycles. The smallest absolute Gasteiger partial charge is 0.193 e. The van der Waals surface area contributed by atoms with Crippen LogP contribution in [0.5, 0.6) is 0 Å². The Balaban J connectivity index is 2.47. The Kier molecular flexibility index (Phi) is 5.20. The molecule has 2 heteroatoms. The average molecular weight is 392 g/mol. The van der Waals surface area contributed by atoms with Crippen molar-refractivity contribution in [2.45, 2.75) is 39.5 Å². The first kappa shape index (κ1) is 16.2. The van der Waals surface area contributed by atoms with Crippen LogP contribution in [0.1, 0.15) is 66.6 Å². The van der Waals surface area contributed by atoms with Gasteiger partial charge in [-0.15, -0.1) is 0 Å². The summed E-state index contributed by atoms with van der Waals surface area (Å²) in [5.41, 5.74) is 4.02. The van der Waals surface area contributed by atoms with E-state index in [0.717, 1.165) is 20.3 Å². The van der Waals surface area contributed by atoms with Crippen molar-refractivity contribution in [2.75, 3.05) is 0 Å². The maximum atomic E-state index is 12.8. The van der Waals surface area contributed by atoms with Crippen molar-refractivity contribution in [1.82, 2.24) is 0 Å². The molecule has 0 saturated carbocycles. The highest BCUT2D eigenvalue weighted by molar-refractivity contribution is 14.1. The number of hydrogen-bond acceptors (Lipinski definition) is 1. The Hall–Kier alpha value is -1.16. The van der Waals surface area contributed by atoms with E-state index in [1.807, 2.05) is 30.3 Å². The molecule has 0 aliphatic carbocycles. The molecule has 1 nitrogen and oxygen atoms in total. The van der Waals surface area contributed by atoms with Crippen molar-refractivity contribution < 1.29 is 4.79 Å². The molecule has 21 heavy (non-hydrogen) atoms. The third-order valence-corrected chi connectivity index (χ3v) is 4.43. The number of rotatable bonds is 4. The molecule has 2 aromatic carbocycles. The Labute approximate surface area is 140 Å². The number of halogens is 1. The van der Waals surface area contributed by atoms with Crippen LogP contribution in [0.4, 0.5) is 0 Å². The molecule has 0 spiro atoms. The molecule has 0 saturated heterocycles. The van der Waals surface area contributed by atoms with E-state index in [-0.39, 0.29) is 5.78 Å². The molecule has 0 heterocycles. The van der Waals surface area contributed by atoms with Crippen LogP contribution in [0.25, 0.3) is 0 Å². The quantitative estimate of drug-likeness (QED) is 0.477. The molecule has 0 N–H and O–H groups in total. The second-order valence-electron chi connectivity index (χ2n) is 5.99. The highest BCUT2D eigenvalue weighted by Gasteiger charge is 2.16. The zero-order valence-electron chi connectivity index (χ0n) is 13.0. The Morgan fingerprint density at radius 1 is 0.905 bits per heavy atom. The predicted molar refractivity (Wildman–Crippen MR) is 97.2 cm³/mol. The summed E-state index contributed by atoms with van der Waals surface area (Å²) in [5.74, 6) is 0.932. The van der Waals surface area contributed by atoms with Gasteiger partial charge in [0.15, 0.2) is 5.78 Å². The molecule has 0 atom stereocenters. The van der Waals surface area contributed by atoms with Crippen LogP contribution in [-0.2, 0) is 0 Å². The Bertz CT molecular complexity index is 639. The summed E-state index contributed by atoms with van der Waals surface area (Å²) in [6, 6.07) is 14.0. The molecule has 0 aromatic heterocycles. The monoisotopic (exact) mass is 392 g/mol. The van der Waals surface area contributed by atoms with Crippen molar-refractivity contribution >= 4 is 28.4 Å². The molecule has 0 aliphatic rings. The summed E-state index contributed by atoms with van der Waals surface area (Å²) in [4.78, 5) is 12.8. The van der Waals surface area contributed by atoms with Crippen molar-refractivity contribution in [3.8, 4) is 0 Å². The first-order chi connectivity index (χ1) is 9.90. The standard InChI is InChI=1S/C19H21IO/c1-12(2)15-7-10-17(18(11-15)13(3)4)19(21)14-5-8-16(20)9-6-14/h5-13H,1-4H3. The van der Waals surface area contributed by atoms with Gasteiger partial charge in [-0.3, -0.25) is 4.79 Å². The van der Waals surface area contributed by atoms with Crippen molar-refractivity contribution in [1.29, 1.82) is 0 Å². The van der Waals surface area contributed by atoms with Gasteiger partial charge < -0.3 is 0 Å². The van der Waals surface area contributed by atoms with E-state index in [9.17, 15) is 4.79 Å². The minimum atomic E-state index is 0.116. The zero-order chi connectivity index (χ0) is 15.6. The van der Waals surface area contributed by atoms with Crippen LogP contribution >= 0.6 is 22.6 Å². The molecule has 2 rings (SSSR count). The molecular formula is C19H21IO. The zero-order valence-corrected chi connectivity index (χ0v) is 15.1. The highest BCUT2D eigenvalue weighted by Crippen LogP contribution is 2.26. The Morgan fingerprint density at radius 2 is 1.52 bits per heavy atom. The van der Waals surface area contributed by atoms with Gasteiger partial charge in [0.2, 0.25) is 0 Å². The van der Waals surface area contributed by atoms with Gasteiger partial charge in [-0.25, -0.2) is 0 Å². The minimum Gasteiger partial charge on any atom is -0.289 e. The first-order valence-electron chi connectivity index (χ1n) is 7.34. The van der Waals surface area contributed by atoms with E-state index >= 15 is 0 Å². The molecule has 0 amide bonds. The maximum absolute atomic E-state index is 12.8. The molecule has 2 aromatic rings. The van der Waals surface area contributed by atoms with Crippen molar-refractivity contribution in [3.05, 3.63) is 68.3 Å². The summed E-state index contributed by atoms with van der Waals surface area (Å²) in [6.45, 7) is 8.65. The fourth-order valence-electron chi connectivity index (χ4n) is 2.38. The summed E-state index contributed by atoms with van der Waals surface area (Å²) < 4.78 is 1.14. The summed E-state index contributed by atoms with van der Waals surface area (Å²) >= 11 is 2.25. The normalized spacial score (nSPS) is 11.2. The SMILES string of the molecule is CC(C)c1ccc(C(=O)c2ccc(I)cc2)c(C(C)C)c1. The molecule has 0 radical (unpaired) electrons. The molecular weight excluding hydrogens is 371 g/mol. The summed E-state index contributed by atoms with van der Waals surface area (Å²) in [5, 5.41) is 0. The molecule has 110 valence electrons. The van der Waals surface area contributed by atoms with Gasteiger partial charge in [0.1, 0.15) is 0 Å². The fraction of sp³-hybridized carbons (Fsp3) is 0.316. The number of ketones is 1. The van der Waals surface area contributed by atoms with Gasteiger partial charge in [-0.1, -0.05) is 45.9 Å². The van der Waals surface area contributed by atoms with E-state index in [1.54, 1.807) is 0 Å². The van der Waals surface area contributed by atoms with Crippen LogP contribution in [0.3, 0.4) is 0 Å². The topological polar surface area (TPSA) is 17.1 Å². The van der Waals surface area contributed by atoms with E-state index in [1.165, 1.54) is 5.56 Å². The Morgan fingerprint density at radius 3 is 2.05 bits per heavy atom. The van der Waals surface area contributed by atoms with Crippen LogP contribution in [-0.4, -0.2) is 5.78 Å². The lowest BCUT2D eigenvalue weighted by atomic mass is 9.88. The van der Waals surface area contributed by atoms with E-state index < -0.39 is 0 Å². The molecule has 0 fully saturated rings.